The molecule has 0 bridgehead atoms. The largest absolute Gasteiger partial charge is 0.480 e. The molecule has 1 rings (SSSR count). The molecule has 0 aliphatic heterocycles. The molecule has 1 aromatic rings. The zero-order valence-electron chi connectivity index (χ0n) is 9.69. The molecule has 17 heavy (non-hydrogen) atoms. The fourth-order valence-electron chi connectivity index (χ4n) is 1.46. The number of aliphatic hydroxyl groups excluding tert-OH is 1. The van der Waals surface area contributed by atoms with Crippen molar-refractivity contribution in [3.05, 3.63) is 34.7 Å². The summed E-state index contributed by atoms with van der Waals surface area (Å²) in [5.41, 5.74) is 2.80. The molecule has 0 aliphatic carbocycles. The number of hydrogen-bond donors (Lipinski definition) is 3. The van der Waals surface area contributed by atoms with Crippen LogP contribution in [0.25, 0.3) is 4.85 Å². The van der Waals surface area contributed by atoms with Gasteiger partial charge in [0.15, 0.2) is 5.69 Å². The van der Waals surface area contributed by atoms with Crippen molar-refractivity contribution < 1.29 is 15.0 Å². The summed E-state index contributed by atoms with van der Waals surface area (Å²) in [5, 5.41) is 20.5. The Morgan fingerprint density at radius 3 is 2.59 bits per heavy atom. The van der Waals surface area contributed by atoms with Gasteiger partial charge in [-0.05, 0) is 31.0 Å². The second-order valence-electron chi connectivity index (χ2n) is 3.71. The fourth-order valence-corrected chi connectivity index (χ4v) is 1.46. The summed E-state index contributed by atoms with van der Waals surface area (Å²) in [6.07, 6.45) is 0. The molecular formula is C12H14N2O3. The van der Waals surface area contributed by atoms with E-state index in [-0.39, 0.29) is 0 Å². The number of anilines is 1. The van der Waals surface area contributed by atoms with Gasteiger partial charge in [-0.3, -0.25) is 0 Å². The van der Waals surface area contributed by atoms with Gasteiger partial charge in [-0.1, -0.05) is 6.07 Å². The lowest BCUT2D eigenvalue weighted by molar-refractivity contribution is -0.138. The molecule has 1 atom stereocenters. The monoisotopic (exact) mass is 234 g/mol. The van der Waals surface area contributed by atoms with E-state index in [1.54, 1.807) is 12.1 Å². The molecule has 0 radical (unpaired) electrons. The van der Waals surface area contributed by atoms with Crippen LogP contribution in [0.5, 0.6) is 0 Å². The zero-order valence-corrected chi connectivity index (χ0v) is 9.69. The van der Waals surface area contributed by atoms with Gasteiger partial charge in [0.1, 0.15) is 6.04 Å². The van der Waals surface area contributed by atoms with Gasteiger partial charge in [0.25, 0.3) is 0 Å². The van der Waals surface area contributed by atoms with Crippen LogP contribution in [-0.2, 0) is 4.79 Å². The molecule has 0 fully saturated rings. The summed E-state index contributed by atoms with van der Waals surface area (Å²) < 4.78 is 0. The van der Waals surface area contributed by atoms with Gasteiger partial charge in [-0.15, -0.1) is 0 Å². The molecule has 1 aromatic carbocycles. The van der Waals surface area contributed by atoms with Crippen molar-refractivity contribution in [3.8, 4) is 0 Å². The first kappa shape index (κ1) is 13.0. The van der Waals surface area contributed by atoms with E-state index < -0.39 is 18.6 Å². The van der Waals surface area contributed by atoms with Gasteiger partial charge in [-0.2, -0.15) is 0 Å². The Bertz CT molecular complexity index is 477. The molecule has 5 heteroatoms. The van der Waals surface area contributed by atoms with E-state index in [2.05, 4.69) is 10.2 Å². The Kier molecular flexibility index (Phi) is 4.07. The number of nitrogens with one attached hydrogen (secondary N) is 1. The van der Waals surface area contributed by atoms with Crippen molar-refractivity contribution >= 4 is 17.3 Å². The maximum Gasteiger partial charge on any atom is 0.328 e. The molecular weight excluding hydrogens is 220 g/mol. The number of benzene rings is 1. The number of carboxylic acid groups (broad SMARTS) is 1. The maximum absolute atomic E-state index is 10.8. The molecule has 0 saturated carbocycles. The highest BCUT2D eigenvalue weighted by Crippen LogP contribution is 2.28. The van der Waals surface area contributed by atoms with E-state index in [4.69, 9.17) is 16.8 Å². The van der Waals surface area contributed by atoms with Crippen LogP contribution in [0.2, 0.25) is 0 Å². The Labute approximate surface area is 99.5 Å². The van der Waals surface area contributed by atoms with Crippen LogP contribution in [0.1, 0.15) is 11.1 Å². The van der Waals surface area contributed by atoms with Crippen molar-refractivity contribution in [1.82, 2.24) is 0 Å². The third-order valence-corrected chi connectivity index (χ3v) is 2.69. The molecule has 0 aromatic heterocycles. The Hall–Kier alpha value is -2.06. The lowest BCUT2D eigenvalue weighted by Gasteiger charge is -2.17. The van der Waals surface area contributed by atoms with Crippen molar-refractivity contribution in [2.24, 2.45) is 0 Å². The van der Waals surface area contributed by atoms with Crippen molar-refractivity contribution in [3.63, 3.8) is 0 Å². The molecule has 0 spiro atoms. The first-order chi connectivity index (χ1) is 8.01. The number of hydrogen-bond acceptors (Lipinski definition) is 3. The van der Waals surface area contributed by atoms with E-state index in [0.29, 0.717) is 11.4 Å². The molecule has 0 aliphatic rings. The van der Waals surface area contributed by atoms with Crippen LogP contribution in [0.15, 0.2) is 12.1 Å². The molecule has 0 amide bonds. The zero-order chi connectivity index (χ0) is 13.0. The number of carbonyl (C=O) groups is 1. The first-order valence-corrected chi connectivity index (χ1v) is 5.09. The first-order valence-electron chi connectivity index (χ1n) is 5.09. The SMILES string of the molecule is [C-]#[N+]c1ccc(N[C@H](CO)C(=O)O)c(C)c1C. The Balaban J connectivity index is 3.05. The van der Waals surface area contributed by atoms with E-state index >= 15 is 0 Å². The van der Waals surface area contributed by atoms with Gasteiger partial charge < -0.3 is 15.5 Å². The van der Waals surface area contributed by atoms with E-state index in [0.717, 1.165) is 11.1 Å². The molecule has 3 N–H and O–H groups in total. The Morgan fingerprint density at radius 1 is 1.47 bits per heavy atom. The average molecular weight is 234 g/mol. The minimum absolute atomic E-state index is 0.488. The van der Waals surface area contributed by atoms with E-state index in [1.165, 1.54) is 0 Å². The molecule has 5 nitrogen and oxygen atoms in total. The van der Waals surface area contributed by atoms with E-state index in [1.807, 2.05) is 13.8 Å². The van der Waals surface area contributed by atoms with Crippen LogP contribution in [0.4, 0.5) is 11.4 Å². The smallest absolute Gasteiger partial charge is 0.328 e. The molecule has 90 valence electrons. The fraction of sp³-hybridized carbons (Fsp3) is 0.333. The second-order valence-corrected chi connectivity index (χ2v) is 3.71. The molecule has 0 saturated heterocycles. The predicted octanol–water partition coefficient (Wildman–Crippen LogP) is 1.71. The van der Waals surface area contributed by atoms with Gasteiger partial charge in [0.2, 0.25) is 0 Å². The van der Waals surface area contributed by atoms with Gasteiger partial charge in [0.05, 0.1) is 13.2 Å². The normalized spacial score (nSPS) is 11.6. The third-order valence-electron chi connectivity index (χ3n) is 2.69. The van der Waals surface area contributed by atoms with Gasteiger partial charge in [-0.25, -0.2) is 9.64 Å². The average Bonchev–Trinajstić information content (AvgIpc) is 2.30. The topological polar surface area (TPSA) is 73.9 Å². The summed E-state index contributed by atoms with van der Waals surface area (Å²) in [7, 11) is 0. The third kappa shape index (κ3) is 2.74. The number of carboxylic acids is 1. The van der Waals surface area contributed by atoms with Crippen molar-refractivity contribution in [1.29, 1.82) is 0 Å². The van der Waals surface area contributed by atoms with Crippen LogP contribution >= 0.6 is 0 Å². The number of aliphatic hydroxyl groups is 1. The standard InChI is InChI=1S/C12H14N2O3/c1-7-8(2)10(5-4-9(7)13-3)14-11(6-15)12(16)17/h4-5,11,14-15H,6H2,1-2H3,(H,16,17)/t11-/m1/s1. The summed E-state index contributed by atoms with van der Waals surface area (Å²) >= 11 is 0. The molecule has 0 heterocycles. The highest BCUT2D eigenvalue weighted by atomic mass is 16.4. The van der Waals surface area contributed by atoms with Crippen LogP contribution in [0.3, 0.4) is 0 Å². The highest BCUT2D eigenvalue weighted by Gasteiger charge is 2.17. The quantitative estimate of drug-likeness (QED) is 0.693. The predicted molar refractivity (Wildman–Crippen MR) is 64.3 cm³/mol. The number of nitrogens with zero attached hydrogens (tertiary/aromatic N) is 1. The maximum atomic E-state index is 10.8. The van der Waals surface area contributed by atoms with Gasteiger partial charge >= 0.3 is 5.97 Å². The number of rotatable bonds is 4. The lowest BCUT2D eigenvalue weighted by Crippen LogP contribution is -2.33. The minimum atomic E-state index is -1.11. The summed E-state index contributed by atoms with van der Waals surface area (Å²) in [6, 6.07) is 2.25. The van der Waals surface area contributed by atoms with Crippen molar-refractivity contribution in [2.75, 3.05) is 11.9 Å². The summed E-state index contributed by atoms with van der Waals surface area (Å²) in [5.74, 6) is -1.11. The highest BCUT2D eigenvalue weighted by molar-refractivity contribution is 5.78. The van der Waals surface area contributed by atoms with Crippen LogP contribution < -0.4 is 5.32 Å². The summed E-state index contributed by atoms with van der Waals surface area (Å²) in [6.45, 7) is 10.1. The number of aliphatic carboxylic acids is 1. The Morgan fingerprint density at radius 2 is 2.12 bits per heavy atom. The molecule has 0 unspecified atom stereocenters. The van der Waals surface area contributed by atoms with E-state index in [9.17, 15) is 4.79 Å². The second kappa shape index (κ2) is 5.32. The lowest BCUT2D eigenvalue weighted by atomic mass is 10.1. The van der Waals surface area contributed by atoms with Crippen LogP contribution in [0, 0.1) is 20.4 Å². The summed E-state index contributed by atoms with van der Waals surface area (Å²) in [4.78, 5) is 14.1. The van der Waals surface area contributed by atoms with Crippen LogP contribution in [-0.4, -0.2) is 28.8 Å². The van der Waals surface area contributed by atoms with Gasteiger partial charge in [0, 0.05) is 5.69 Å². The minimum Gasteiger partial charge on any atom is -0.480 e. The van der Waals surface area contributed by atoms with Crippen molar-refractivity contribution in [2.45, 2.75) is 19.9 Å².